The second-order valence-corrected chi connectivity index (χ2v) is 9.73. The third-order valence-electron chi connectivity index (χ3n) is 5.64. The van der Waals surface area contributed by atoms with Crippen molar-refractivity contribution in [3.8, 4) is 0 Å². The summed E-state index contributed by atoms with van der Waals surface area (Å²) in [4.78, 5) is 31.1. The Morgan fingerprint density at radius 2 is 2.06 bits per heavy atom. The predicted octanol–water partition coefficient (Wildman–Crippen LogP) is 1.62. The molecular weight excluding hydrogens is 571 g/mol. The van der Waals surface area contributed by atoms with Crippen LogP contribution in [0.25, 0.3) is 0 Å². The number of hydrogen-bond donors (Lipinski definition) is 5. The Morgan fingerprint density at radius 1 is 1.35 bits per heavy atom. The highest BCUT2D eigenvalue weighted by Gasteiger charge is 2.39. The summed E-state index contributed by atoms with van der Waals surface area (Å²) in [5, 5.41) is 27.2. The highest BCUT2D eigenvalue weighted by Crippen LogP contribution is 2.33. The van der Waals surface area contributed by atoms with Crippen molar-refractivity contribution in [3.63, 3.8) is 0 Å². The zero-order valence-corrected chi connectivity index (χ0v) is 21.6. The lowest BCUT2D eigenvalue weighted by molar-refractivity contribution is -0.154. The van der Waals surface area contributed by atoms with Crippen molar-refractivity contribution in [1.29, 1.82) is 0 Å². The number of anilines is 2. The van der Waals surface area contributed by atoms with E-state index in [1.165, 1.54) is 21.2 Å². The average molecular weight is 600 g/mol. The Hall–Kier alpha value is -2.26. The number of nitrogens with one attached hydrogen (secondary N) is 1. The molecule has 4 atom stereocenters. The molecule has 0 unspecified atom stereocenters. The molecule has 184 valence electrons. The van der Waals surface area contributed by atoms with E-state index in [2.05, 4.69) is 32.9 Å². The number of aliphatic hydroxyl groups is 2. The molecule has 1 aliphatic heterocycles. The van der Waals surface area contributed by atoms with E-state index in [9.17, 15) is 19.8 Å². The molecule has 1 aromatic carbocycles. The molecule has 0 spiro atoms. The number of allylic oxidation sites excluding steroid dienone is 1. The molecule has 7 N–H and O–H groups in total. The monoisotopic (exact) mass is 600 g/mol. The number of nitrogen functional groups attached to an aromatic ring is 1. The van der Waals surface area contributed by atoms with Crippen LogP contribution >= 0.6 is 33.9 Å². The van der Waals surface area contributed by atoms with Crippen molar-refractivity contribution in [3.05, 3.63) is 53.2 Å². The van der Waals surface area contributed by atoms with Crippen LogP contribution in [0.2, 0.25) is 0 Å². The van der Waals surface area contributed by atoms with Gasteiger partial charge in [-0.05, 0) is 37.5 Å². The van der Waals surface area contributed by atoms with Crippen LogP contribution in [-0.4, -0.2) is 55.1 Å². The highest BCUT2D eigenvalue weighted by atomic mass is 127. The van der Waals surface area contributed by atoms with Crippen molar-refractivity contribution < 1.29 is 19.8 Å². The summed E-state index contributed by atoms with van der Waals surface area (Å²) in [6.45, 7) is 2.15. The van der Waals surface area contributed by atoms with E-state index >= 15 is 0 Å². The summed E-state index contributed by atoms with van der Waals surface area (Å²) < 4.78 is 0.835. The van der Waals surface area contributed by atoms with Gasteiger partial charge in [0, 0.05) is 22.6 Å². The molecular formula is C22H29IN6O4S. The van der Waals surface area contributed by atoms with Gasteiger partial charge in [0.05, 0.1) is 23.5 Å². The topological polar surface area (TPSA) is 158 Å². The fourth-order valence-electron chi connectivity index (χ4n) is 3.80. The maximum atomic E-state index is 12.9. The lowest BCUT2D eigenvalue weighted by Crippen LogP contribution is -2.51. The summed E-state index contributed by atoms with van der Waals surface area (Å²) in [5.74, 6) is 4.41. The number of likely N-dealkylation sites (tertiary alicyclic amines) is 1. The Kier molecular flexibility index (Phi) is 9.24. The molecule has 10 nitrogen and oxygen atoms in total. The summed E-state index contributed by atoms with van der Waals surface area (Å²) in [5.41, 5.74) is 7.90. The molecule has 3 rings (SSSR count). The first kappa shape index (κ1) is 26.3. The van der Waals surface area contributed by atoms with Gasteiger partial charge in [-0.1, -0.05) is 40.8 Å². The van der Waals surface area contributed by atoms with Gasteiger partial charge in [-0.15, -0.1) is 11.3 Å². The van der Waals surface area contributed by atoms with E-state index < -0.39 is 30.1 Å². The zero-order valence-electron chi connectivity index (χ0n) is 18.7. The number of hydrazine groups is 1. The fraction of sp³-hybridized carbons (Fsp3) is 0.409. The van der Waals surface area contributed by atoms with Gasteiger partial charge in [0.2, 0.25) is 0 Å². The van der Waals surface area contributed by atoms with Crippen LogP contribution in [0.15, 0.2) is 41.9 Å². The van der Waals surface area contributed by atoms with E-state index in [-0.39, 0.29) is 6.04 Å². The van der Waals surface area contributed by atoms with Crippen molar-refractivity contribution in [1.82, 2.24) is 15.2 Å². The number of alkyl halides is 1. The molecule has 1 saturated heterocycles. The third-order valence-corrected chi connectivity index (χ3v) is 6.84. The molecule has 0 radical (unpaired) electrons. The van der Waals surface area contributed by atoms with Crippen molar-refractivity contribution in [2.24, 2.45) is 5.84 Å². The Balaban J connectivity index is 1.59. The molecule has 1 aromatic heterocycles. The van der Waals surface area contributed by atoms with Crippen LogP contribution in [0.4, 0.5) is 10.8 Å². The number of benzene rings is 1. The van der Waals surface area contributed by atoms with Crippen molar-refractivity contribution in [2.45, 2.75) is 44.1 Å². The molecule has 34 heavy (non-hydrogen) atoms. The SMILES string of the molecule is C[C@@H](NC(=O)[C@H](O)[C@@H](O)C(=O)N1CCC[C@@H]1c1csc(N)n1)c1ccc(N(N)/C=C\CI)cc1. The fourth-order valence-corrected chi connectivity index (χ4v) is 4.63. The lowest BCUT2D eigenvalue weighted by Gasteiger charge is -2.28. The second kappa shape index (κ2) is 11.9. The highest BCUT2D eigenvalue weighted by molar-refractivity contribution is 14.1. The summed E-state index contributed by atoms with van der Waals surface area (Å²) in [6.07, 6.45) is 1.28. The first-order valence-electron chi connectivity index (χ1n) is 10.8. The van der Waals surface area contributed by atoms with E-state index in [0.717, 1.165) is 22.1 Å². The Bertz CT molecular complexity index is 1020. The molecule has 2 heterocycles. The number of amides is 2. The Morgan fingerprint density at radius 3 is 2.68 bits per heavy atom. The number of aliphatic hydroxyl groups excluding tert-OH is 2. The number of carbonyl (C=O) groups excluding carboxylic acids is 2. The minimum Gasteiger partial charge on any atom is -0.380 e. The summed E-state index contributed by atoms with van der Waals surface area (Å²) >= 11 is 3.49. The van der Waals surface area contributed by atoms with Crippen LogP contribution in [0.3, 0.4) is 0 Å². The lowest BCUT2D eigenvalue weighted by atomic mass is 10.1. The molecule has 0 aliphatic carbocycles. The largest absolute Gasteiger partial charge is 0.380 e. The smallest absolute Gasteiger partial charge is 0.255 e. The molecule has 2 aromatic rings. The molecule has 2 amide bonds. The van der Waals surface area contributed by atoms with E-state index in [1.807, 2.05) is 18.2 Å². The number of carbonyl (C=O) groups is 2. The third kappa shape index (κ3) is 6.24. The van der Waals surface area contributed by atoms with Gasteiger partial charge in [0.1, 0.15) is 0 Å². The number of nitrogens with two attached hydrogens (primary N) is 2. The van der Waals surface area contributed by atoms with E-state index in [4.69, 9.17) is 11.6 Å². The van der Waals surface area contributed by atoms with Gasteiger partial charge in [0.15, 0.2) is 17.3 Å². The van der Waals surface area contributed by atoms with Gasteiger partial charge in [-0.25, -0.2) is 10.8 Å². The number of halogens is 1. The quantitative estimate of drug-likeness (QED) is 0.126. The maximum Gasteiger partial charge on any atom is 0.255 e. The van der Waals surface area contributed by atoms with Crippen LogP contribution < -0.4 is 21.9 Å². The van der Waals surface area contributed by atoms with Crippen LogP contribution in [0.1, 0.15) is 43.1 Å². The van der Waals surface area contributed by atoms with Crippen LogP contribution in [-0.2, 0) is 9.59 Å². The maximum absolute atomic E-state index is 12.9. The molecule has 0 saturated carbocycles. The van der Waals surface area contributed by atoms with Gasteiger partial charge in [0.25, 0.3) is 11.8 Å². The number of aromatic nitrogens is 1. The first-order chi connectivity index (χ1) is 16.2. The minimum atomic E-state index is -1.91. The van der Waals surface area contributed by atoms with E-state index in [0.29, 0.717) is 23.8 Å². The van der Waals surface area contributed by atoms with Gasteiger partial charge >= 0.3 is 0 Å². The molecule has 12 heteroatoms. The number of hydrogen-bond acceptors (Lipinski definition) is 9. The number of rotatable bonds is 9. The van der Waals surface area contributed by atoms with Gasteiger partial charge < -0.3 is 26.2 Å². The zero-order chi connectivity index (χ0) is 24.8. The van der Waals surface area contributed by atoms with Crippen molar-refractivity contribution in [2.75, 3.05) is 21.7 Å². The van der Waals surface area contributed by atoms with Crippen LogP contribution in [0.5, 0.6) is 0 Å². The molecule has 1 fully saturated rings. The first-order valence-corrected chi connectivity index (χ1v) is 13.2. The second-order valence-electron chi connectivity index (χ2n) is 7.96. The summed E-state index contributed by atoms with van der Waals surface area (Å²) in [7, 11) is 0. The van der Waals surface area contributed by atoms with Crippen molar-refractivity contribution >= 4 is 56.6 Å². The normalized spacial score (nSPS) is 18.6. The average Bonchev–Trinajstić information content (AvgIpc) is 3.50. The van der Waals surface area contributed by atoms with E-state index in [1.54, 1.807) is 30.6 Å². The van der Waals surface area contributed by atoms with Gasteiger partial charge in [-0.3, -0.25) is 14.6 Å². The van der Waals surface area contributed by atoms with Crippen LogP contribution in [0, 0.1) is 0 Å². The molecule has 1 aliphatic rings. The summed E-state index contributed by atoms with van der Waals surface area (Å²) in [6, 6.07) is 6.43. The molecule has 0 bridgehead atoms. The standard InChI is InChI=1S/C22H29IN6O4S/c1-13(14-5-7-15(8-6-14)29(25)11-3-9-23)26-20(32)18(30)19(31)21(33)28-10-2-4-17(28)16-12-34-22(24)27-16/h3,5-8,11-13,17-19,30-31H,2,4,9-10,25H2,1H3,(H2,24,27)(H,26,32)/b11-3-/t13-,17-,18-,19-/m1/s1. The van der Waals surface area contributed by atoms with Gasteiger partial charge in [-0.2, -0.15) is 0 Å². The number of nitrogens with zero attached hydrogens (tertiary/aromatic N) is 3. The predicted molar refractivity (Wildman–Crippen MR) is 140 cm³/mol. The minimum absolute atomic E-state index is 0.336. The Labute approximate surface area is 215 Å². The number of thiazole rings is 1.